The average molecular weight is 346 g/mol. The van der Waals surface area contributed by atoms with Gasteiger partial charge in [0, 0.05) is 19.5 Å². The largest absolute Gasteiger partial charge is 0.354 e. The van der Waals surface area contributed by atoms with Crippen molar-refractivity contribution in [1.82, 2.24) is 10.6 Å². The zero-order valence-electron chi connectivity index (χ0n) is 12.7. The Morgan fingerprint density at radius 3 is 2.55 bits per heavy atom. The quantitative estimate of drug-likeness (QED) is 0.630. The van der Waals surface area contributed by atoms with Crippen LogP contribution in [-0.4, -0.2) is 36.4 Å². The summed E-state index contributed by atoms with van der Waals surface area (Å²) >= 11 is 1.66. The van der Waals surface area contributed by atoms with Crippen LogP contribution in [0, 0.1) is 0 Å². The third-order valence-electron chi connectivity index (χ3n) is 2.95. The summed E-state index contributed by atoms with van der Waals surface area (Å²) in [4.78, 5) is 23.3. The maximum Gasteiger partial charge on any atom is 0.236 e. The molecule has 0 saturated heterocycles. The predicted molar refractivity (Wildman–Crippen MR) is 94.1 cm³/mol. The molecule has 1 aromatic rings. The summed E-state index contributed by atoms with van der Waals surface area (Å²) in [7, 11) is 0. The lowest BCUT2D eigenvalue weighted by Crippen LogP contribution is -2.42. The monoisotopic (exact) mass is 345 g/mol. The topological polar surface area (TPSA) is 84.2 Å². The molecule has 5 nitrogen and oxygen atoms in total. The van der Waals surface area contributed by atoms with Crippen LogP contribution in [0.2, 0.25) is 0 Å². The summed E-state index contributed by atoms with van der Waals surface area (Å²) in [6.45, 7) is 0.813. The number of hydrogen-bond acceptors (Lipinski definition) is 4. The number of thioether (sulfide) groups is 1. The van der Waals surface area contributed by atoms with E-state index in [0.29, 0.717) is 19.5 Å². The number of nitrogens with one attached hydrogen (secondary N) is 2. The van der Waals surface area contributed by atoms with Gasteiger partial charge in [-0.1, -0.05) is 30.3 Å². The van der Waals surface area contributed by atoms with Crippen molar-refractivity contribution >= 4 is 36.0 Å². The molecular formula is C15H24ClN3O2S. The number of amides is 2. The molecule has 1 atom stereocenters. The third-order valence-corrected chi connectivity index (χ3v) is 3.60. The van der Waals surface area contributed by atoms with Crippen molar-refractivity contribution in [3.05, 3.63) is 35.9 Å². The van der Waals surface area contributed by atoms with Crippen LogP contribution in [0.15, 0.2) is 30.3 Å². The number of nitrogens with two attached hydrogens (primary N) is 1. The summed E-state index contributed by atoms with van der Waals surface area (Å²) < 4.78 is 0. The smallest absolute Gasteiger partial charge is 0.236 e. The van der Waals surface area contributed by atoms with E-state index in [4.69, 9.17) is 5.73 Å². The SMILES string of the molecule is CSCC[C@H](N)C(=O)NCCC(=O)NCc1ccccc1.Cl. The minimum absolute atomic E-state index is 0. The molecule has 0 fully saturated rings. The molecule has 0 aliphatic carbocycles. The van der Waals surface area contributed by atoms with Crippen LogP contribution in [0.5, 0.6) is 0 Å². The van der Waals surface area contributed by atoms with Gasteiger partial charge >= 0.3 is 0 Å². The van der Waals surface area contributed by atoms with Crippen molar-refractivity contribution in [2.45, 2.75) is 25.4 Å². The van der Waals surface area contributed by atoms with E-state index in [2.05, 4.69) is 10.6 Å². The molecule has 4 N–H and O–H groups in total. The second kappa shape index (κ2) is 12.3. The molecule has 22 heavy (non-hydrogen) atoms. The van der Waals surface area contributed by atoms with Gasteiger partial charge in [-0.25, -0.2) is 0 Å². The fourth-order valence-electron chi connectivity index (χ4n) is 1.69. The fourth-order valence-corrected chi connectivity index (χ4v) is 2.18. The van der Waals surface area contributed by atoms with Gasteiger partial charge in [0.25, 0.3) is 0 Å². The molecule has 1 aromatic carbocycles. The van der Waals surface area contributed by atoms with E-state index in [1.54, 1.807) is 11.8 Å². The Morgan fingerprint density at radius 2 is 1.91 bits per heavy atom. The molecule has 2 amide bonds. The highest BCUT2D eigenvalue weighted by atomic mass is 35.5. The van der Waals surface area contributed by atoms with Crippen LogP contribution in [0.25, 0.3) is 0 Å². The summed E-state index contributed by atoms with van der Waals surface area (Å²) in [5, 5.41) is 5.50. The summed E-state index contributed by atoms with van der Waals surface area (Å²) in [6, 6.07) is 9.20. The van der Waals surface area contributed by atoms with Crippen molar-refractivity contribution < 1.29 is 9.59 Å². The fraction of sp³-hybridized carbons (Fsp3) is 0.467. The standard InChI is InChI=1S/C15H23N3O2S.ClH/c1-21-10-8-13(16)15(20)17-9-7-14(19)18-11-12-5-3-2-4-6-12;/h2-6,13H,7-11,16H2,1H3,(H,17,20)(H,18,19);1H/t13-;/m0./s1. The molecule has 0 unspecified atom stereocenters. The summed E-state index contributed by atoms with van der Waals surface area (Å²) in [5.74, 6) is 0.573. The van der Waals surface area contributed by atoms with Gasteiger partial charge in [0.15, 0.2) is 0 Å². The lowest BCUT2D eigenvalue weighted by Gasteiger charge is -2.11. The predicted octanol–water partition coefficient (Wildman–Crippen LogP) is 1.31. The molecule has 0 aromatic heterocycles. The second-order valence-corrected chi connectivity index (χ2v) is 5.68. The van der Waals surface area contributed by atoms with E-state index < -0.39 is 6.04 Å². The van der Waals surface area contributed by atoms with Crippen molar-refractivity contribution in [3.63, 3.8) is 0 Å². The molecule has 7 heteroatoms. The molecule has 1 rings (SSSR count). The highest BCUT2D eigenvalue weighted by Crippen LogP contribution is 1.99. The Kier molecular flexibility index (Phi) is 11.6. The van der Waals surface area contributed by atoms with Gasteiger partial charge in [-0.15, -0.1) is 12.4 Å². The van der Waals surface area contributed by atoms with Crippen LogP contribution in [0.3, 0.4) is 0 Å². The Labute approximate surface area is 142 Å². The zero-order valence-corrected chi connectivity index (χ0v) is 14.3. The van der Waals surface area contributed by atoms with Crippen LogP contribution in [0.1, 0.15) is 18.4 Å². The molecule has 124 valence electrons. The highest BCUT2D eigenvalue weighted by Gasteiger charge is 2.12. The second-order valence-electron chi connectivity index (χ2n) is 4.69. The maximum absolute atomic E-state index is 11.6. The minimum Gasteiger partial charge on any atom is -0.354 e. The van der Waals surface area contributed by atoms with Gasteiger partial charge in [-0.3, -0.25) is 9.59 Å². The van der Waals surface area contributed by atoms with E-state index in [1.165, 1.54) is 0 Å². The van der Waals surface area contributed by atoms with Crippen LogP contribution < -0.4 is 16.4 Å². The number of rotatable bonds is 9. The van der Waals surface area contributed by atoms with Gasteiger partial charge < -0.3 is 16.4 Å². The first-order valence-corrected chi connectivity index (χ1v) is 8.35. The maximum atomic E-state index is 11.6. The lowest BCUT2D eigenvalue weighted by atomic mass is 10.2. The van der Waals surface area contributed by atoms with Crippen LogP contribution in [-0.2, 0) is 16.1 Å². The van der Waals surface area contributed by atoms with Crippen molar-refractivity contribution in [3.8, 4) is 0 Å². The van der Waals surface area contributed by atoms with E-state index in [1.807, 2.05) is 36.6 Å². The van der Waals surface area contributed by atoms with Crippen LogP contribution in [0.4, 0.5) is 0 Å². The highest BCUT2D eigenvalue weighted by molar-refractivity contribution is 7.98. The molecular weight excluding hydrogens is 322 g/mol. The van der Waals surface area contributed by atoms with Crippen molar-refractivity contribution in [2.24, 2.45) is 5.73 Å². The van der Waals surface area contributed by atoms with Crippen molar-refractivity contribution in [1.29, 1.82) is 0 Å². The molecule has 0 heterocycles. The first-order valence-electron chi connectivity index (χ1n) is 6.96. The molecule has 0 spiro atoms. The lowest BCUT2D eigenvalue weighted by molar-refractivity contribution is -0.123. The average Bonchev–Trinajstić information content (AvgIpc) is 2.51. The van der Waals surface area contributed by atoms with Gasteiger partial charge in [0.1, 0.15) is 0 Å². The van der Waals surface area contributed by atoms with Crippen LogP contribution >= 0.6 is 24.2 Å². The van der Waals surface area contributed by atoms with E-state index >= 15 is 0 Å². The number of carbonyl (C=O) groups is 2. The van der Waals surface area contributed by atoms with Gasteiger partial charge in [0.2, 0.25) is 11.8 Å². The molecule has 0 saturated carbocycles. The molecule has 0 bridgehead atoms. The van der Waals surface area contributed by atoms with Crippen molar-refractivity contribution in [2.75, 3.05) is 18.6 Å². The number of benzene rings is 1. The van der Waals surface area contributed by atoms with Gasteiger partial charge in [-0.2, -0.15) is 11.8 Å². The number of hydrogen-bond donors (Lipinski definition) is 3. The molecule has 0 aliphatic rings. The summed E-state index contributed by atoms with van der Waals surface area (Å²) in [5.41, 5.74) is 6.78. The van der Waals surface area contributed by atoms with E-state index in [0.717, 1.165) is 11.3 Å². The van der Waals surface area contributed by atoms with Gasteiger partial charge in [0.05, 0.1) is 6.04 Å². The first kappa shape index (κ1) is 20.8. The summed E-state index contributed by atoms with van der Waals surface area (Å²) in [6.07, 6.45) is 2.88. The first-order chi connectivity index (χ1) is 10.1. The third kappa shape index (κ3) is 8.92. The normalized spacial score (nSPS) is 11.2. The van der Waals surface area contributed by atoms with E-state index in [9.17, 15) is 9.59 Å². The molecule has 0 radical (unpaired) electrons. The number of carbonyl (C=O) groups excluding carboxylic acids is 2. The Hall–Kier alpha value is -1.24. The van der Waals surface area contributed by atoms with Gasteiger partial charge in [-0.05, 0) is 24.0 Å². The molecule has 0 aliphatic heterocycles. The van der Waals surface area contributed by atoms with E-state index in [-0.39, 0.29) is 30.6 Å². The number of halogens is 1. The Morgan fingerprint density at radius 1 is 1.23 bits per heavy atom. The Bertz CT molecular complexity index is 446. The Balaban J connectivity index is 0.00000441. The zero-order chi connectivity index (χ0) is 15.5. The minimum atomic E-state index is -0.496.